The van der Waals surface area contributed by atoms with Crippen molar-refractivity contribution in [2.75, 3.05) is 36.5 Å². The molecule has 2 aliphatic heterocycles. The van der Waals surface area contributed by atoms with E-state index < -0.39 is 0 Å². The van der Waals surface area contributed by atoms with Crippen LogP contribution in [0.25, 0.3) is 0 Å². The van der Waals surface area contributed by atoms with E-state index in [1.165, 1.54) is 63.0 Å². The molecule has 3 rings (SSSR count). The molecule has 0 aromatic heterocycles. The Balaban J connectivity index is 1.50. The lowest BCUT2D eigenvalue weighted by molar-refractivity contribution is 0.0247. The van der Waals surface area contributed by atoms with Crippen molar-refractivity contribution < 1.29 is 4.74 Å². The van der Waals surface area contributed by atoms with Gasteiger partial charge in [0.15, 0.2) is 0 Å². The van der Waals surface area contributed by atoms with E-state index in [1.807, 2.05) is 0 Å². The Bertz CT molecular complexity index is 392. The molecule has 3 nitrogen and oxygen atoms in total. The van der Waals surface area contributed by atoms with Gasteiger partial charge in [-0.1, -0.05) is 0 Å². The molecule has 2 aliphatic rings. The molecule has 1 unspecified atom stereocenters. The molecule has 1 aromatic carbocycles. The maximum absolute atomic E-state index is 5.75. The topological polar surface area (TPSA) is 24.5 Å². The average Bonchev–Trinajstić information content (AvgIpc) is 2.55. The Morgan fingerprint density at radius 1 is 1.00 bits per heavy atom. The van der Waals surface area contributed by atoms with Crippen LogP contribution < -0.4 is 10.2 Å². The van der Waals surface area contributed by atoms with Crippen LogP contribution in [0.3, 0.4) is 0 Å². The van der Waals surface area contributed by atoms with Crippen LogP contribution in [0.5, 0.6) is 0 Å². The number of hydrogen-bond donors (Lipinski definition) is 1. The summed E-state index contributed by atoms with van der Waals surface area (Å²) in [7, 11) is 0. The maximum Gasteiger partial charge on any atom is 0.0747 e. The molecule has 0 bridgehead atoms. The van der Waals surface area contributed by atoms with Gasteiger partial charge >= 0.3 is 0 Å². The van der Waals surface area contributed by atoms with E-state index in [0.29, 0.717) is 6.10 Å². The van der Waals surface area contributed by atoms with Crippen molar-refractivity contribution >= 4 is 11.4 Å². The number of hydrogen-bond acceptors (Lipinski definition) is 3. The molecule has 2 fully saturated rings. The van der Waals surface area contributed by atoms with Crippen LogP contribution in [0.15, 0.2) is 24.3 Å². The van der Waals surface area contributed by atoms with Crippen LogP contribution in [0, 0.1) is 0 Å². The smallest absolute Gasteiger partial charge is 0.0747 e. The molecular formula is C17H26N2O. The second kappa shape index (κ2) is 6.98. The quantitative estimate of drug-likeness (QED) is 0.907. The molecule has 1 aromatic rings. The zero-order valence-corrected chi connectivity index (χ0v) is 12.3. The lowest BCUT2D eigenvalue weighted by Gasteiger charge is -2.29. The monoisotopic (exact) mass is 274 g/mol. The Labute approximate surface area is 122 Å². The van der Waals surface area contributed by atoms with E-state index in [-0.39, 0.29) is 0 Å². The third-order valence-corrected chi connectivity index (χ3v) is 4.40. The second-order valence-corrected chi connectivity index (χ2v) is 5.96. The third-order valence-electron chi connectivity index (χ3n) is 4.40. The van der Waals surface area contributed by atoms with Crippen molar-refractivity contribution in [2.24, 2.45) is 0 Å². The van der Waals surface area contributed by atoms with Crippen LogP contribution in [0.1, 0.15) is 38.5 Å². The fourth-order valence-corrected chi connectivity index (χ4v) is 3.14. The van der Waals surface area contributed by atoms with Crippen molar-refractivity contribution in [3.05, 3.63) is 24.3 Å². The summed E-state index contributed by atoms with van der Waals surface area (Å²) in [6.07, 6.45) is 8.17. The Kier molecular flexibility index (Phi) is 4.80. The highest BCUT2D eigenvalue weighted by atomic mass is 16.5. The van der Waals surface area contributed by atoms with Gasteiger partial charge in [-0.15, -0.1) is 0 Å². The first-order valence-electron chi connectivity index (χ1n) is 8.12. The molecular weight excluding hydrogens is 248 g/mol. The number of rotatable bonds is 4. The fraction of sp³-hybridized carbons (Fsp3) is 0.647. The van der Waals surface area contributed by atoms with E-state index >= 15 is 0 Å². The van der Waals surface area contributed by atoms with Crippen LogP contribution in [0.2, 0.25) is 0 Å². The van der Waals surface area contributed by atoms with Gasteiger partial charge in [-0.05, 0) is 62.8 Å². The van der Waals surface area contributed by atoms with E-state index in [1.54, 1.807) is 0 Å². The van der Waals surface area contributed by atoms with Gasteiger partial charge in [0.1, 0.15) is 0 Å². The molecule has 0 aliphatic carbocycles. The Morgan fingerprint density at radius 3 is 2.50 bits per heavy atom. The summed E-state index contributed by atoms with van der Waals surface area (Å²) in [5, 5.41) is 3.50. The summed E-state index contributed by atoms with van der Waals surface area (Å²) in [5.74, 6) is 0. The van der Waals surface area contributed by atoms with Gasteiger partial charge in [0, 0.05) is 37.6 Å². The van der Waals surface area contributed by atoms with Gasteiger partial charge in [0.05, 0.1) is 6.10 Å². The Hall–Kier alpha value is -1.22. The summed E-state index contributed by atoms with van der Waals surface area (Å²) >= 11 is 0. The van der Waals surface area contributed by atoms with Crippen LogP contribution in [-0.4, -0.2) is 32.3 Å². The first kappa shape index (κ1) is 13.7. The van der Waals surface area contributed by atoms with E-state index in [2.05, 4.69) is 34.5 Å². The van der Waals surface area contributed by atoms with Gasteiger partial charge in [0.2, 0.25) is 0 Å². The predicted octanol–water partition coefficient (Wildman–Crippen LogP) is 3.66. The molecule has 1 N–H and O–H groups in total. The van der Waals surface area contributed by atoms with Crippen molar-refractivity contribution in [1.29, 1.82) is 0 Å². The number of nitrogens with one attached hydrogen (secondary N) is 1. The first-order chi connectivity index (χ1) is 9.92. The molecule has 2 heterocycles. The third kappa shape index (κ3) is 3.66. The zero-order chi connectivity index (χ0) is 13.6. The second-order valence-electron chi connectivity index (χ2n) is 5.96. The number of piperidine rings is 1. The number of ether oxygens (including phenoxy) is 1. The lowest BCUT2D eigenvalue weighted by atomic mass is 10.1. The van der Waals surface area contributed by atoms with Gasteiger partial charge < -0.3 is 15.0 Å². The van der Waals surface area contributed by atoms with Gasteiger partial charge in [-0.25, -0.2) is 0 Å². The minimum atomic E-state index is 0.394. The highest BCUT2D eigenvalue weighted by molar-refractivity contribution is 5.55. The minimum absolute atomic E-state index is 0.394. The molecule has 0 radical (unpaired) electrons. The maximum atomic E-state index is 5.75. The summed E-state index contributed by atoms with van der Waals surface area (Å²) in [5.41, 5.74) is 2.57. The van der Waals surface area contributed by atoms with E-state index in [9.17, 15) is 0 Å². The summed E-state index contributed by atoms with van der Waals surface area (Å²) in [4.78, 5) is 2.50. The zero-order valence-electron chi connectivity index (χ0n) is 12.3. The van der Waals surface area contributed by atoms with E-state index in [4.69, 9.17) is 4.74 Å². The molecule has 0 amide bonds. The van der Waals surface area contributed by atoms with Crippen molar-refractivity contribution in [2.45, 2.75) is 44.6 Å². The SMILES string of the molecule is c1cc(N2CCCCC2)ccc1NCC1CCCCO1. The molecule has 0 saturated carbocycles. The fourth-order valence-electron chi connectivity index (χ4n) is 3.14. The van der Waals surface area contributed by atoms with Crippen molar-refractivity contribution in [1.82, 2.24) is 0 Å². The van der Waals surface area contributed by atoms with Crippen LogP contribution >= 0.6 is 0 Å². The summed E-state index contributed by atoms with van der Waals surface area (Å²) < 4.78 is 5.75. The molecule has 2 saturated heterocycles. The minimum Gasteiger partial charge on any atom is -0.382 e. The lowest BCUT2D eigenvalue weighted by Crippen LogP contribution is -2.29. The largest absolute Gasteiger partial charge is 0.382 e. The van der Waals surface area contributed by atoms with Crippen molar-refractivity contribution in [3.8, 4) is 0 Å². The van der Waals surface area contributed by atoms with Crippen molar-refractivity contribution in [3.63, 3.8) is 0 Å². The summed E-state index contributed by atoms with van der Waals surface area (Å²) in [6.45, 7) is 4.29. The molecule has 110 valence electrons. The molecule has 20 heavy (non-hydrogen) atoms. The number of anilines is 2. The normalized spacial score (nSPS) is 23.6. The van der Waals surface area contributed by atoms with E-state index in [0.717, 1.165) is 13.2 Å². The highest BCUT2D eigenvalue weighted by Crippen LogP contribution is 2.22. The number of nitrogens with zero attached hydrogens (tertiary/aromatic N) is 1. The van der Waals surface area contributed by atoms with Gasteiger partial charge in [-0.2, -0.15) is 0 Å². The molecule has 0 spiro atoms. The van der Waals surface area contributed by atoms with Gasteiger partial charge in [-0.3, -0.25) is 0 Å². The number of benzene rings is 1. The highest BCUT2D eigenvalue weighted by Gasteiger charge is 2.13. The first-order valence-corrected chi connectivity index (χ1v) is 8.12. The van der Waals surface area contributed by atoms with Crippen LogP contribution in [-0.2, 0) is 4.74 Å². The summed E-state index contributed by atoms with van der Waals surface area (Å²) in [6, 6.07) is 8.89. The standard InChI is InChI=1S/C17H26N2O/c1-3-11-19(12-4-1)16-9-7-15(8-10-16)18-14-17-6-2-5-13-20-17/h7-10,17-18H,1-6,11-14H2. The van der Waals surface area contributed by atoms with Gasteiger partial charge in [0.25, 0.3) is 0 Å². The molecule has 1 atom stereocenters. The van der Waals surface area contributed by atoms with Crippen LogP contribution in [0.4, 0.5) is 11.4 Å². The average molecular weight is 274 g/mol. The Morgan fingerprint density at radius 2 is 1.80 bits per heavy atom. The molecule has 3 heteroatoms. The predicted molar refractivity (Wildman–Crippen MR) is 84.6 cm³/mol.